The zero-order chi connectivity index (χ0) is 25.0. The minimum Gasteiger partial charge on any atom is -0.303 e. The van der Waals surface area contributed by atoms with E-state index in [9.17, 15) is 9.59 Å². The number of benzene rings is 3. The van der Waals surface area contributed by atoms with E-state index in [1.54, 1.807) is 4.90 Å². The number of amides is 1. The summed E-state index contributed by atoms with van der Waals surface area (Å²) in [5.41, 5.74) is 4.80. The quantitative estimate of drug-likeness (QED) is 0.370. The fourth-order valence-electron chi connectivity index (χ4n) is 4.55. The fourth-order valence-corrected chi connectivity index (χ4v) is 5.55. The number of hydrogen-bond donors (Lipinski definition) is 0. The van der Waals surface area contributed by atoms with Crippen LogP contribution in [0.1, 0.15) is 37.5 Å². The number of rotatable bonds is 3. The van der Waals surface area contributed by atoms with E-state index in [4.69, 9.17) is 0 Å². The maximum atomic E-state index is 13.6. The molecule has 178 valence electrons. The van der Waals surface area contributed by atoms with E-state index in [0.717, 1.165) is 22.4 Å². The molecule has 1 amide bonds. The molecule has 0 N–H and O–H groups in total. The molecule has 0 bridgehead atoms. The molecule has 36 heavy (non-hydrogen) atoms. The maximum Gasteiger partial charge on any atom is 0.291 e. The summed E-state index contributed by atoms with van der Waals surface area (Å²) in [6.07, 6.45) is 0. The lowest BCUT2D eigenvalue weighted by atomic mass is 9.87. The molecule has 0 radical (unpaired) electrons. The normalized spacial score (nSPS) is 15.1. The summed E-state index contributed by atoms with van der Waals surface area (Å²) >= 11 is 1.21. The molecule has 3 aromatic carbocycles. The number of thiazole rings is 1. The molecule has 6 nitrogen and oxygen atoms in total. The van der Waals surface area contributed by atoms with Crippen LogP contribution in [-0.2, 0) is 16.8 Å². The van der Waals surface area contributed by atoms with E-state index in [1.165, 1.54) is 21.4 Å². The number of carbonyl (C=O) groups excluding carboxylic acids is 1. The van der Waals surface area contributed by atoms with Crippen LogP contribution in [0.4, 0.5) is 5.69 Å². The van der Waals surface area contributed by atoms with Gasteiger partial charge in [0.05, 0.1) is 17.8 Å². The summed E-state index contributed by atoms with van der Waals surface area (Å²) in [6.45, 7) is 6.93. The van der Waals surface area contributed by atoms with Gasteiger partial charge in [0, 0.05) is 11.1 Å². The summed E-state index contributed by atoms with van der Waals surface area (Å²) in [7, 11) is 0. The highest BCUT2D eigenvalue weighted by Gasteiger charge is 2.34. The zero-order valence-electron chi connectivity index (χ0n) is 20.2. The van der Waals surface area contributed by atoms with Gasteiger partial charge in [0.2, 0.25) is 4.96 Å². The molecular weight excluding hydrogens is 468 g/mol. The third-order valence-corrected chi connectivity index (χ3v) is 7.53. The minimum atomic E-state index is -0.320. The Hall–Kier alpha value is -4.10. The van der Waals surface area contributed by atoms with Crippen LogP contribution in [0.2, 0.25) is 0 Å². The highest BCUT2D eigenvalue weighted by molar-refractivity contribution is 7.15. The summed E-state index contributed by atoms with van der Waals surface area (Å²) in [4.78, 5) is 33.9. The second-order valence-electron chi connectivity index (χ2n) is 9.96. The molecule has 1 aliphatic rings. The van der Waals surface area contributed by atoms with Gasteiger partial charge in [-0.1, -0.05) is 105 Å². The molecule has 0 saturated heterocycles. The molecular formula is C29H24N4O2S. The highest BCUT2D eigenvalue weighted by Crippen LogP contribution is 2.36. The van der Waals surface area contributed by atoms with E-state index in [0.29, 0.717) is 27.4 Å². The van der Waals surface area contributed by atoms with Crippen molar-refractivity contribution in [3.8, 4) is 11.4 Å². The number of nitrogens with zero attached hydrogens (tertiary/aromatic N) is 4. The van der Waals surface area contributed by atoms with Gasteiger partial charge in [-0.25, -0.2) is 0 Å². The van der Waals surface area contributed by atoms with Crippen molar-refractivity contribution in [2.45, 2.75) is 32.7 Å². The monoisotopic (exact) mass is 492 g/mol. The van der Waals surface area contributed by atoms with Crippen LogP contribution in [0.3, 0.4) is 0 Å². The predicted octanol–water partition coefficient (Wildman–Crippen LogP) is 4.58. The van der Waals surface area contributed by atoms with Gasteiger partial charge in [-0.15, -0.1) is 5.10 Å². The maximum absolute atomic E-state index is 13.6. The molecule has 3 heterocycles. The Morgan fingerprint density at radius 2 is 1.56 bits per heavy atom. The third-order valence-electron chi connectivity index (χ3n) is 6.50. The van der Waals surface area contributed by atoms with E-state index in [-0.39, 0.29) is 16.9 Å². The Bertz CT molecular complexity index is 1730. The first-order valence-electron chi connectivity index (χ1n) is 11.8. The summed E-state index contributed by atoms with van der Waals surface area (Å²) in [5.74, 6) is 0.318. The Morgan fingerprint density at radius 3 is 2.25 bits per heavy atom. The van der Waals surface area contributed by atoms with Crippen LogP contribution in [-0.4, -0.2) is 20.5 Å². The van der Waals surface area contributed by atoms with Gasteiger partial charge in [0.15, 0.2) is 5.82 Å². The van der Waals surface area contributed by atoms with Crippen molar-refractivity contribution in [2.24, 2.45) is 0 Å². The Labute approximate surface area is 212 Å². The molecule has 0 saturated carbocycles. The van der Waals surface area contributed by atoms with Crippen molar-refractivity contribution < 1.29 is 4.79 Å². The number of carbonyl (C=O) groups is 1. The summed E-state index contributed by atoms with van der Waals surface area (Å²) < 4.78 is 1.68. The van der Waals surface area contributed by atoms with E-state index in [1.807, 2.05) is 66.7 Å². The molecule has 5 aromatic rings. The predicted molar refractivity (Wildman–Crippen MR) is 143 cm³/mol. The van der Waals surface area contributed by atoms with Crippen molar-refractivity contribution >= 4 is 33.5 Å². The second-order valence-corrected chi connectivity index (χ2v) is 10.9. The van der Waals surface area contributed by atoms with Crippen molar-refractivity contribution in [3.63, 3.8) is 0 Å². The molecule has 7 heteroatoms. The second kappa shape index (κ2) is 8.24. The van der Waals surface area contributed by atoms with Gasteiger partial charge < -0.3 is 4.90 Å². The first-order valence-corrected chi connectivity index (χ1v) is 12.6. The van der Waals surface area contributed by atoms with Gasteiger partial charge in [0.1, 0.15) is 4.53 Å². The number of anilines is 1. The van der Waals surface area contributed by atoms with Crippen LogP contribution in [0.5, 0.6) is 0 Å². The van der Waals surface area contributed by atoms with Crippen molar-refractivity contribution in [3.05, 3.63) is 110 Å². The van der Waals surface area contributed by atoms with Gasteiger partial charge >= 0.3 is 0 Å². The lowest BCUT2D eigenvalue weighted by Crippen LogP contribution is -2.32. The summed E-state index contributed by atoms with van der Waals surface area (Å²) in [5, 5.41) is 4.50. The molecule has 0 fully saturated rings. The van der Waals surface area contributed by atoms with E-state index >= 15 is 0 Å². The molecule has 2 aromatic heterocycles. The molecule has 6 rings (SSSR count). The van der Waals surface area contributed by atoms with E-state index < -0.39 is 0 Å². The third kappa shape index (κ3) is 3.63. The van der Waals surface area contributed by atoms with E-state index in [2.05, 4.69) is 43.0 Å². The summed E-state index contributed by atoms with van der Waals surface area (Å²) in [6, 6.07) is 25.6. The average molecular weight is 493 g/mol. The molecule has 0 aliphatic carbocycles. The number of fused-ring (bicyclic) bond motifs is 2. The van der Waals surface area contributed by atoms with Crippen LogP contribution in [0, 0.1) is 0 Å². The first-order chi connectivity index (χ1) is 17.3. The average Bonchev–Trinajstić information content (AvgIpc) is 3.51. The van der Waals surface area contributed by atoms with Crippen molar-refractivity contribution in [1.29, 1.82) is 0 Å². The molecule has 0 atom stereocenters. The lowest BCUT2D eigenvalue weighted by molar-refractivity contribution is -0.113. The zero-order valence-corrected chi connectivity index (χ0v) is 21.0. The van der Waals surface area contributed by atoms with Crippen molar-refractivity contribution in [1.82, 2.24) is 14.6 Å². The van der Waals surface area contributed by atoms with Crippen LogP contribution in [0.15, 0.2) is 83.7 Å². The van der Waals surface area contributed by atoms with Gasteiger partial charge in [0.25, 0.3) is 11.5 Å². The van der Waals surface area contributed by atoms with Gasteiger partial charge in [-0.2, -0.15) is 9.50 Å². The topological polar surface area (TPSA) is 67.6 Å². The minimum absolute atomic E-state index is 0.0489. The fraction of sp³-hybridized carbons (Fsp3) is 0.172. The number of para-hydroxylation sites is 1. The standard InChI is InChI=1S/C29H24N4O2S/c1-29(2,3)20-15-13-19(14-16-20)25-30-28-33(31-25)27(35)24(36-28)23-21-11-7-8-12-22(21)32(26(23)34)17-18-9-5-4-6-10-18/h4-16H,17H2,1-3H3/b24-23-. The number of hydrogen-bond acceptors (Lipinski definition) is 5. The van der Waals surface area contributed by atoms with Crippen LogP contribution in [0.25, 0.3) is 21.9 Å². The van der Waals surface area contributed by atoms with Crippen LogP contribution >= 0.6 is 11.3 Å². The first kappa shape index (κ1) is 22.4. The molecule has 1 aliphatic heterocycles. The van der Waals surface area contributed by atoms with Crippen LogP contribution < -0.4 is 15.0 Å². The van der Waals surface area contributed by atoms with Gasteiger partial charge in [-0.3, -0.25) is 9.59 Å². The molecule has 0 spiro atoms. The Morgan fingerprint density at radius 1 is 0.861 bits per heavy atom. The number of aromatic nitrogens is 3. The molecule has 0 unspecified atom stereocenters. The highest BCUT2D eigenvalue weighted by atomic mass is 32.1. The smallest absolute Gasteiger partial charge is 0.291 e. The lowest BCUT2D eigenvalue weighted by Gasteiger charge is -2.18. The van der Waals surface area contributed by atoms with Crippen molar-refractivity contribution in [2.75, 3.05) is 4.90 Å². The largest absolute Gasteiger partial charge is 0.303 e. The Balaban J connectivity index is 1.44. The SMILES string of the molecule is CC(C)(C)c1ccc(-c2nc3s/c(=C4\C(=O)N(Cc5ccccc5)c5ccccc54)c(=O)n3n2)cc1. The van der Waals surface area contributed by atoms with Gasteiger partial charge in [-0.05, 0) is 22.6 Å². The Kier molecular flexibility index (Phi) is 5.12.